The Balaban J connectivity index is 1.61. The van der Waals surface area contributed by atoms with Crippen LogP contribution in [0.3, 0.4) is 0 Å². The Bertz CT molecular complexity index is 1520. The Kier molecular flexibility index (Phi) is 5.41. The zero-order valence-electron chi connectivity index (χ0n) is 18.3. The molecule has 0 spiro atoms. The number of nitrogens with zero attached hydrogens (tertiary/aromatic N) is 4. The zero-order valence-corrected chi connectivity index (χ0v) is 19.2. The third-order valence-corrected chi connectivity index (χ3v) is 7.09. The summed E-state index contributed by atoms with van der Waals surface area (Å²) >= 11 is 0. The van der Waals surface area contributed by atoms with Crippen molar-refractivity contribution in [2.75, 3.05) is 19.3 Å². The second-order valence-electron chi connectivity index (χ2n) is 8.42. The molecule has 8 nitrogen and oxygen atoms in total. The highest BCUT2D eigenvalue weighted by Crippen LogP contribution is 2.29. The normalized spacial score (nSPS) is 16.3. The van der Waals surface area contributed by atoms with Gasteiger partial charge in [-0.2, -0.15) is 0 Å². The van der Waals surface area contributed by atoms with E-state index in [1.165, 1.54) is 29.2 Å². The van der Waals surface area contributed by atoms with Gasteiger partial charge in [0, 0.05) is 66.1 Å². The lowest BCUT2D eigenvalue weighted by Gasteiger charge is -2.16. The van der Waals surface area contributed by atoms with Gasteiger partial charge < -0.3 is 10.6 Å². The van der Waals surface area contributed by atoms with Gasteiger partial charge in [-0.15, -0.1) is 0 Å². The third kappa shape index (κ3) is 3.95. The topological polar surface area (TPSA) is 111 Å². The second kappa shape index (κ2) is 8.30. The zero-order chi connectivity index (χ0) is 24.0. The fourth-order valence-corrected chi connectivity index (χ4v) is 5.09. The van der Waals surface area contributed by atoms with E-state index >= 15 is 0 Å². The number of rotatable bonds is 4. The monoisotopic (exact) mass is 479 g/mol. The van der Waals surface area contributed by atoms with Crippen molar-refractivity contribution in [3.05, 3.63) is 72.4 Å². The minimum atomic E-state index is -3.57. The van der Waals surface area contributed by atoms with E-state index in [1.807, 2.05) is 0 Å². The summed E-state index contributed by atoms with van der Waals surface area (Å²) < 4.78 is 40.6. The lowest BCUT2D eigenvalue weighted by atomic mass is 10.1. The van der Waals surface area contributed by atoms with Crippen molar-refractivity contribution >= 4 is 26.6 Å². The second-order valence-corrected chi connectivity index (χ2v) is 10.4. The maximum absolute atomic E-state index is 14.1. The fourth-order valence-electron chi connectivity index (χ4n) is 4.22. The summed E-state index contributed by atoms with van der Waals surface area (Å²) in [5.74, 6) is -0.360. The number of hydrogen-bond donors (Lipinski definition) is 1. The smallest absolute Gasteiger partial charge is 0.253 e. The van der Waals surface area contributed by atoms with Crippen LogP contribution in [-0.2, 0) is 9.84 Å². The number of aromatic nitrogens is 3. The van der Waals surface area contributed by atoms with Crippen molar-refractivity contribution in [1.29, 1.82) is 0 Å². The first kappa shape index (κ1) is 22.2. The molecule has 10 heteroatoms. The number of carbonyl (C=O) groups excluding carboxylic acids is 1. The molecule has 1 aliphatic heterocycles. The number of amides is 1. The molecular weight excluding hydrogens is 457 g/mol. The maximum atomic E-state index is 14.1. The number of nitrogens with two attached hydrogens (primary N) is 1. The molecule has 1 fully saturated rings. The maximum Gasteiger partial charge on any atom is 0.253 e. The first-order valence-corrected chi connectivity index (χ1v) is 12.6. The highest BCUT2D eigenvalue weighted by molar-refractivity contribution is 7.91. The third-order valence-electron chi connectivity index (χ3n) is 5.97. The van der Waals surface area contributed by atoms with E-state index in [2.05, 4.69) is 9.97 Å². The van der Waals surface area contributed by atoms with Crippen molar-refractivity contribution < 1.29 is 17.6 Å². The molecule has 0 saturated carbocycles. The Labute approximate surface area is 195 Å². The van der Waals surface area contributed by atoms with E-state index in [0.717, 1.165) is 12.7 Å². The number of halogens is 1. The molecule has 0 aliphatic carbocycles. The predicted molar refractivity (Wildman–Crippen MR) is 126 cm³/mol. The molecule has 174 valence electrons. The van der Waals surface area contributed by atoms with Crippen molar-refractivity contribution in [2.45, 2.75) is 17.4 Å². The van der Waals surface area contributed by atoms with Gasteiger partial charge in [0.25, 0.3) is 5.91 Å². The molecule has 3 heterocycles. The number of benzene rings is 2. The van der Waals surface area contributed by atoms with Gasteiger partial charge in [0.15, 0.2) is 9.84 Å². The molecule has 0 unspecified atom stereocenters. The summed E-state index contributed by atoms with van der Waals surface area (Å²) in [4.78, 5) is 23.5. The van der Waals surface area contributed by atoms with Gasteiger partial charge in [0.05, 0.1) is 10.4 Å². The van der Waals surface area contributed by atoms with Crippen LogP contribution in [0.2, 0.25) is 0 Å². The quantitative estimate of drug-likeness (QED) is 0.482. The van der Waals surface area contributed by atoms with Gasteiger partial charge >= 0.3 is 0 Å². The van der Waals surface area contributed by atoms with Crippen LogP contribution in [0.15, 0.2) is 66.0 Å². The standard InChI is InChI=1S/C24H22FN5O3S/c1-34(32,33)22-14-30(24-27-11-16(12-28-24)18-4-2-3-5-20(18)25)21-10-15(6-7-19(21)22)23(31)29-9-8-17(26)13-29/h2-7,10-12,14,17H,8-9,13,26H2,1H3/t17-/m1/s1. The van der Waals surface area contributed by atoms with Crippen molar-refractivity contribution in [3.63, 3.8) is 0 Å². The Morgan fingerprint density at radius 2 is 1.88 bits per heavy atom. The number of fused-ring (bicyclic) bond motifs is 1. The molecule has 2 N–H and O–H groups in total. The van der Waals surface area contributed by atoms with Crippen LogP contribution in [0.5, 0.6) is 0 Å². The summed E-state index contributed by atoms with van der Waals surface area (Å²) in [5.41, 5.74) is 7.69. The van der Waals surface area contributed by atoms with Gasteiger partial charge in [-0.3, -0.25) is 9.36 Å². The molecule has 1 atom stereocenters. The Hall–Kier alpha value is -3.63. The van der Waals surface area contributed by atoms with Crippen molar-refractivity contribution in [3.8, 4) is 17.1 Å². The molecule has 2 aromatic heterocycles. The predicted octanol–water partition coefficient (Wildman–Crippen LogP) is 2.80. The number of sulfone groups is 1. The van der Waals surface area contributed by atoms with Crippen molar-refractivity contribution in [1.82, 2.24) is 19.4 Å². The van der Waals surface area contributed by atoms with Crippen LogP contribution in [0, 0.1) is 5.82 Å². The Morgan fingerprint density at radius 1 is 1.15 bits per heavy atom. The Morgan fingerprint density at radius 3 is 2.53 bits per heavy atom. The molecule has 1 saturated heterocycles. The lowest BCUT2D eigenvalue weighted by Crippen LogP contribution is -2.31. The van der Waals surface area contributed by atoms with Crippen LogP contribution in [-0.4, -0.2) is 59.1 Å². The molecule has 5 rings (SSSR count). The molecule has 1 aliphatic rings. The van der Waals surface area contributed by atoms with Crippen LogP contribution in [0.4, 0.5) is 4.39 Å². The van der Waals surface area contributed by atoms with Crippen LogP contribution in [0.1, 0.15) is 16.8 Å². The number of likely N-dealkylation sites (tertiary alicyclic amines) is 1. The van der Waals surface area contributed by atoms with E-state index in [1.54, 1.807) is 41.3 Å². The van der Waals surface area contributed by atoms with Gasteiger partial charge in [-0.1, -0.05) is 24.3 Å². The summed E-state index contributed by atoms with van der Waals surface area (Å²) in [6.07, 6.45) is 6.27. The summed E-state index contributed by atoms with van der Waals surface area (Å²) in [6.45, 7) is 1.06. The molecule has 0 radical (unpaired) electrons. The van der Waals surface area contributed by atoms with E-state index in [4.69, 9.17) is 5.73 Å². The number of hydrogen-bond acceptors (Lipinski definition) is 6. The number of carbonyl (C=O) groups is 1. The molecule has 2 aromatic carbocycles. The minimum Gasteiger partial charge on any atom is -0.337 e. The van der Waals surface area contributed by atoms with E-state index in [9.17, 15) is 17.6 Å². The average molecular weight is 480 g/mol. The van der Waals surface area contributed by atoms with E-state index in [0.29, 0.717) is 40.7 Å². The summed E-state index contributed by atoms with van der Waals surface area (Å²) in [7, 11) is -3.57. The van der Waals surface area contributed by atoms with Gasteiger partial charge in [0.2, 0.25) is 5.95 Å². The summed E-state index contributed by atoms with van der Waals surface area (Å²) in [6, 6.07) is 11.1. The molecule has 4 aromatic rings. The van der Waals surface area contributed by atoms with Gasteiger partial charge in [-0.05, 0) is 24.6 Å². The first-order chi connectivity index (χ1) is 16.2. The van der Waals surface area contributed by atoms with Crippen LogP contribution in [0.25, 0.3) is 28.0 Å². The van der Waals surface area contributed by atoms with Gasteiger partial charge in [-0.25, -0.2) is 22.8 Å². The minimum absolute atomic E-state index is 0.0465. The fraction of sp³-hybridized carbons (Fsp3) is 0.208. The van der Waals surface area contributed by atoms with E-state index < -0.39 is 15.7 Å². The van der Waals surface area contributed by atoms with Crippen molar-refractivity contribution in [2.24, 2.45) is 5.73 Å². The molecule has 1 amide bonds. The highest BCUT2D eigenvalue weighted by atomic mass is 32.2. The lowest BCUT2D eigenvalue weighted by molar-refractivity contribution is 0.0791. The largest absolute Gasteiger partial charge is 0.337 e. The SMILES string of the molecule is CS(=O)(=O)c1cn(-c2ncc(-c3ccccc3F)cn2)c2cc(C(=O)N3CC[C@@H](N)C3)ccc12. The average Bonchev–Trinajstić information content (AvgIpc) is 3.42. The first-order valence-electron chi connectivity index (χ1n) is 10.7. The summed E-state index contributed by atoms with van der Waals surface area (Å²) in [5, 5.41) is 0.457. The van der Waals surface area contributed by atoms with E-state index in [-0.39, 0.29) is 22.8 Å². The molecule has 34 heavy (non-hydrogen) atoms. The molecule has 0 bridgehead atoms. The molecular formula is C24H22FN5O3S. The van der Waals surface area contributed by atoms with Crippen LogP contribution < -0.4 is 5.73 Å². The van der Waals surface area contributed by atoms with Crippen LogP contribution >= 0.6 is 0 Å². The highest BCUT2D eigenvalue weighted by Gasteiger charge is 2.26. The van der Waals surface area contributed by atoms with Gasteiger partial charge in [0.1, 0.15) is 5.82 Å².